The molecule has 2 spiro atoms. The third kappa shape index (κ3) is 9.65. The monoisotopic (exact) mass is 1150 g/mol. The van der Waals surface area contributed by atoms with Crippen LogP contribution in [0.15, 0.2) is 100 Å². The Balaban J connectivity index is 0.000000132. The average molecular weight is 1150 g/mol. The highest BCUT2D eigenvalue weighted by molar-refractivity contribution is 9.10. The zero-order chi connectivity index (χ0) is 51.4. The number of aryl methyl sites for hydroxylation is 1. The predicted octanol–water partition coefficient (Wildman–Crippen LogP) is 8.51. The van der Waals surface area contributed by atoms with Crippen molar-refractivity contribution in [3.8, 4) is 11.1 Å². The molecule has 74 heavy (non-hydrogen) atoms. The fraction of sp³-hybridized carbons (Fsp3) is 0.464. The van der Waals surface area contributed by atoms with Gasteiger partial charge in [-0.05, 0) is 114 Å². The highest BCUT2D eigenvalue weighted by Gasteiger charge is 2.54. The Labute approximate surface area is 445 Å². The molecule has 0 saturated carbocycles. The van der Waals surface area contributed by atoms with Crippen molar-refractivity contribution in [1.82, 2.24) is 4.98 Å². The van der Waals surface area contributed by atoms with Crippen LogP contribution >= 0.6 is 31.9 Å². The number of aliphatic hydroxyl groups excluding tert-OH is 2. The molecule has 1 aromatic heterocycles. The van der Waals surface area contributed by atoms with Gasteiger partial charge in [0.2, 0.25) is 0 Å². The lowest BCUT2D eigenvalue weighted by Crippen LogP contribution is -2.65. The normalized spacial score (nSPS) is 23.4. The summed E-state index contributed by atoms with van der Waals surface area (Å²) in [6.07, 6.45) is -0.865. The van der Waals surface area contributed by atoms with Crippen LogP contribution in [0.25, 0.3) is 11.1 Å². The third-order valence-corrected chi connectivity index (χ3v) is 17.5. The molecule has 5 saturated heterocycles. The zero-order valence-corrected chi connectivity index (χ0v) is 44.3. The summed E-state index contributed by atoms with van der Waals surface area (Å²) in [4.78, 5) is 23.3. The van der Waals surface area contributed by atoms with Crippen LogP contribution in [0.4, 0.5) is 35.9 Å². The van der Waals surface area contributed by atoms with Gasteiger partial charge in [0.05, 0.1) is 97.4 Å². The second kappa shape index (κ2) is 20.7. The van der Waals surface area contributed by atoms with Gasteiger partial charge in [-0.2, -0.15) is 13.2 Å². The number of amides is 1. The van der Waals surface area contributed by atoms with Gasteiger partial charge in [0.15, 0.2) is 0 Å². The number of benzene rings is 4. The fourth-order valence-electron chi connectivity index (χ4n) is 12.4. The van der Waals surface area contributed by atoms with Crippen molar-refractivity contribution < 1.29 is 51.9 Å². The molecule has 9 heterocycles. The highest BCUT2D eigenvalue weighted by Crippen LogP contribution is 2.50. The van der Waals surface area contributed by atoms with Crippen LogP contribution in [-0.2, 0) is 49.1 Å². The molecule has 8 aliphatic rings. The van der Waals surface area contributed by atoms with Crippen LogP contribution < -0.4 is 20.0 Å². The molecule has 4 aromatic carbocycles. The minimum Gasteiger partial charge on any atom is -0.396 e. The first-order valence-corrected chi connectivity index (χ1v) is 26.9. The van der Waals surface area contributed by atoms with E-state index in [-0.39, 0.29) is 36.3 Å². The molecule has 13 rings (SSSR count). The number of aromatic nitrogens is 1. The largest absolute Gasteiger partial charge is 0.433 e. The molecule has 5 aromatic rings. The third-order valence-electron chi connectivity index (χ3n) is 16.5. The number of carbonyl (C=O) groups is 1. The molecule has 392 valence electrons. The van der Waals surface area contributed by atoms with Crippen molar-refractivity contribution in [2.75, 3.05) is 119 Å². The molecule has 3 N–H and O–H groups in total. The van der Waals surface area contributed by atoms with Crippen LogP contribution in [-0.4, -0.2) is 138 Å². The van der Waals surface area contributed by atoms with Crippen LogP contribution in [0, 0.1) is 23.2 Å². The van der Waals surface area contributed by atoms with E-state index in [9.17, 15) is 28.2 Å². The SMILES string of the molecule is Brc1ccc2c(c1)N1CCOCC1C1(COC1)C2.Cc1ccc(NC(=O)c2ccnc(C(F)(F)F)c2)cc1-c1ccc2c(c1)N1CCOCC1C1(COC1)C2.OCC1(CO)Cc2ccc(Br)cc2N2CCOCC21. The number of fused-ring (bicyclic) bond motifs is 11. The van der Waals surface area contributed by atoms with Crippen LogP contribution in [0.1, 0.15) is 38.3 Å². The molecule has 3 unspecified atom stereocenters. The van der Waals surface area contributed by atoms with Crippen molar-refractivity contribution in [2.24, 2.45) is 16.2 Å². The Hall–Kier alpha value is -4.63. The summed E-state index contributed by atoms with van der Waals surface area (Å²) in [6, 6.07) is 27.7. The van der Waals surface area contributed by atoms with Crippen molar-refractivity contribution in [2.45, 2.75) is 50.5 Å². The first-order chi connectivity index (χ1) is 35.7. The maximum absolute atomic E-state index is 13.0. The second-order valence-corrected chi connectivity index (χ2v) is 22.9. The van der Waals surface area contributed by atoms with Gasteiger partial charge in [-0.3, -0.25) is 9.78 Å². The highest BCUT2D eigenvalue weighted by atomic mass is 79.9. The molecule has 13 nitrogen and oxygen atoms in total. The second-order valence-electron chi connectivity index (χ2n) is 21.1. The molecular formula is C56H60Br2F3N5O8. The smallest absolute Gasteiger partial charge is 0.396 e. The number of nitrogens with one attached hydrogen (secondary N) is 1. The number of carbonyl (C=O) groups excluding carboxylic acids is 1. The maximum Gasteiger partial charge on any atom is 0.433 e. The first-order valence-electron chi connectivity index (χ1n) is 25.3. The van der Waals surface area contributed by atoms with Gasteiger partial charge >= 0.3 is 6.18 Å². The lowest BCUT2D eigenvalue weighted by Gasteiger charge is -2.56. The van der Waals surface area contributed by atoms with Gasteiger partial charge < -0.3 is 53.9 Å². The van der Waals surface area contributed by atoms with Gasteiger partial charge in [-0.1, -0.05) is 62.2 Å². The Morgan fingerprint density at radius 3 is 1.70 bits per heavy atom. The standard InChI is InChI=1S/C28H26F3N3O3.C14H18BrNO3.C14H16BrNO2/c1-17-2-5-21(33-26(35)19-6-7-32-24(11-19)28(29,30)31)12-22(17)18-3-4-20-13-27(15-37-16-27)25-14-36-9-8-34(25)23(20)10-18;15-11-2-1-10-6-14(8-17,9-18)13-7-19-4-3-16(13)12(10)5-11;15-11-2-1-10-6-14(8-18-9-14)13-7-17-4-3-16(13)12(10)5-11/h2-7,10-12,25H,8-9,13-16H2,1H3,(H,33,35);1-2,5,13,17-18H,3-4,6-9H2;1-2,5,13H,3-4,6-9H2. The van der Waals surface area contributed by atoms with E-state index in [2.05, 4.69) is 105 Å². The lowest BCUT2D eigenvalue weighted by atomic mass is 9.69. The first kappa shape index (κ1) is 51.5. The van der Waals surface area contributed by atoms with Gasteiger partial charge in [0.1, 0.15) is 5.69 Å². The van der Waals surface area contributed by atoms with E-state index in [0.29, 0.717) is 50.0 Å². The quantitative estimate of drug-likeness (QED) is 0.156. The van der Waals surface area contributed by atoms with Gasteiger partial charge in [0, 0.05) is 79.3 Å². The number of pyridine rings is 1. The summed E-state index contributed by atoms with van der Waals surface area (Å²) < 4.78 is 69.5. The van der Waals surface area contributed by atoms with Crippen LogP contribution in [0.2, 0.25) is 0 Å². The average Bonchev–Trinajstić information content (AvgIpc) is 3.40. The molecule has 18 heteroatoms. The van der Waals surface area contributed by atoms with E-state index in [1.165, 1.54) is 39.8 Å². The van der Waals surface area contributed by atoms with Gasteiger partial charge in [-0.15, -0.1) is 0 Å². The Bertz CT molecular complexity index is 2900. The number of anilines is 4. The lowest BCUT2D eigenvalue weighted by molar-refractivity contribution is -0.145. The predicted molar refractivity (Wildman–Crippen MR) is 282 cm³/mol. The number of rotatable bonds is 5. The molecule has 5 fully saturated rings. The minimum atomic E-state index is -4.62. The van der Waals surface area contributed by atoms with Crippen LogP contribution in [0.5, 0.6) is 0 Å². The van der Waals surface area contributed by atoms with E-state index < -0.39 is 23.2 Å². The van der Waals surface area contributed by atoms with E-state index in [4.69, 9.17) is 23.7 Å². The number of hydrogen-bond acceptors (Lipinski definition) is 12. The van der Waals surface area contributed by atoms with Crippen molar-refractivity contribution in [1.29, 1.82) is 0 Å². The molecule has 1 amide bonds. The van der Waals surface area contributed by atoms with E-state index >= 15 is 0 Å². The Kier molecular flexibility index (Phi) is 14.4. The molecule has 0 radical (unpaired) electrons. The number of hydrogen-bond donors (Lipinski definition) is 3. The summed E-state index contributed by atoms with van der Waals surface area (Å²) in [5, 5.41) is 22.4. The Morgan fingerprint density at radius 2 is 1.18 bits per heavy atom. The summed E-state index contributed by atoms with van der Waals surface area (Å²) in [6.45, 7) is 12.1. The number of aliphatic hydroxyl groups is 2. The number of morpholine rings is 3. The van der Waals surface area contributed by atoms with Gasteiger partial charge in [0.25, 0.3) is 5.91 Å². The molecule has 8 aliphatic heterocycles. The van der Waals surface area contributed by atoms with Gasteiger partial charge in [-0.25, -0.2) is 0 Å². The summed E-state index contributed by atoms with van der Waals surface area (Å²) in [7, 11) is 0. The molecule has 0 bridgehead atoms. The maximum atomic E-state index is 13.0. The Morgan fingerprint density at radius 1 is 0.662 bits per heavy atom. The molecule has 0 aliphatic carbocycles. The number of alkyl halides is 3. The van der Waals surface area contributed by atoms with Crippen LogP contribution in [0.3, 0.4) is 0 Å². The number of nitrogens with zero attached hydrogens (tertiary/aromatic N) is 4. The molecular weight excluding hydrogens is 1090 g/mol. The van der Waals surface area contributed by atoms with Crippen molar-refractivity contribution in [3.05, 3.63) is 134 Å². The topological polar surface area (TPSA) is 138 Å². The molecule has 3 atom stereocenters. The summed E-state index contributed by atoms with van der Waals surface area (Å²) >= 11 is 7.10. The summed E-state index contributed by atoms with van der Waals surface area (Å²) in [5.41, 5.74) is 9.89. The van der Waals surface area contributed by atoms with E-state index in [1.807, 2.05) is 25.1 Å². The zero-order valence-electron chi connectivity index (χ0n) is 41.1. The summed E-state index contributed by atoms with van der Waals surface area (Å²) in [5.74, 6) is -0.627. The number of halogens is 5. The van der Waals surface area contributed by atoms with Crippen molar-refractivity contribution >= 4 is 60.5 Å². The minimum absolute atomic E-state index is 0.0243. The fourth-order valence-corrected chi connectivity index (χ4v) is 13.1. The van der Waals surface area contributed by atoms with E-state index in [0.717, 1.165) is 110 Å². The number of ether oxygens (including phenoxy) is 5. The van der Waals surface area contributed by atoms with E-state index in [1.54, 1.807) is 6.07 Å². The van der Waals surface area contributed by atoms with Crippen molar-refractivity contribution in [3.63, 3.8) is 0 Å².